The van der Waals surface area contributed by atoms with Crippen LogP contribution in [-0.2, 0) is 0 Å². The molecule has 0 unspecified atom stereocenters. The minimum absolute atomic E-state index is 0.0195. The van der Waals surface area contributed by atoms with Crippen LogP contribution in [0.25, 0.3) is 10.9 Å². The molecule has 1 aromatic carbocycles. The summed E-state index contributed by atoms with van der Waals surface area (Å²) in [4.78, 5) is 30.4. The maximum atomic E-state index is 12.9. The Morgan fingerprint density at radius 2 is 1.96 bits per heavy atom. The van der Waals surface area contributed by atoms with Crippen molar-refractivity contribution in [1.29, 1.82) is 0 Å². The Morgan fingerprint density at radius 1 is 1.24 bits per heavy atom. The summed E-state index contributed by atoms with van der Waals surface area (Å²) in [6.45, 7) is 5.05. The first-order valence-electron chi connectivity index (χ1n) is 7.78. The molecule has 0 aliphatic carbocycles. The molecule has 2 aromatic heterocycles. The fraction of sp³-hybridized carbons (Fsp3) is 0.222. The highest BCUT2D eigenvalue weighted by atomic mass is 16.6. The van der Waals surface area contributed by atoms with Gasteiger partial charge in [0.2, 0.25) is 11.5 Å². The van der Waals surface area contributed by atoms with Gasteiger partial charge >= 0.3 is 5.82 Å². The number of rotatable bonds is 5. The zero-order chi connectivity index (χ0) is 18.1. The smallest absolute Gasteiger partial charge is 0.406 e. The highest BCUT2D eigenvalue weighted by Gasteiger charge is 2.26. The summed E-state index contributed by atoms with van der Waals surface area (Å²) < 4.78 is 5.58. The third-order valence-electron chi connectivity index (χ3n) is 3.96. The van der Waals surface area contributed by atoms with Crippen LogP contribution in [0, 0.1) is 24.0 Å². The third kappa shape index (κ3) is 3.08. The number of Topliss-reactive ketones (excluding diaryl/α,β-unsaturated/α-hetero) is 1. The second kappa shape index (κ2) is 6.35. The number of benzene rings is 1. The average Bonchev–Trinajstić information content (AvgIpc) is 2.91. The number of hydrogen-bond donors (Lipinski definition) is 1. The number of carbonyl (C=O) groups is 1. The van der Waals surface area contributed by atoms with Gasteiger partial charge in [0.05, 0.1) is 0 Å². The number of aryl methyl sites for hydroxylation is 2. The van der Waals surface area contributed by atoms with Gasteiger partial charge in [-0.3, -0.25) is 4.79 Å². The largest absolute Gasteiger partial charge is 0.474 e. The van der Waals surface area contributed by atoms with Crippen LogP contribution in [0.5, 0.6) is 5.75 Å². The van der Waals surface area contributed by atoms with E-state index in [4.69, 9.17) is 4.74 Å². The van der Waals surface area contributed by atoms with E-state index in [1.807, 2.05) is 31.2 Å². The molecule has 0 spiro atoms. The third-order valence-corrected chi connectivity index (χ3v) is 3.96. The lowest BCUT2D eigenvalue weighted by Crippen LogP contribution is -2.25. The number of hydrogen-bond acceptors (Lipinski definition) is 5. The minimum atomic E-state index is -0.888. The van der Waals surface area contributed by atoms with E-state index in [1.165, 1.54) is 6.07 Å². The second-order valence-electron chi connectivity index (χ2n) is 5.83. The van der Waals surface area contributed by atoms with Crippen molar-refractivity contribution in [3.8, 4) is 5.75 Å². The summed E-state index contributed by atoms with van der Waals surface area (Å²) in [6, 6.07) is 10.6. The number of aromatic amines is 1. The first-order chi connectivity index (χ1) is 11.9. The van der Waals surface area contributed by atoms with Crippen molar-refractivity contribution in [3.05, 3.63) is 63.5 Å². The molecule has 0 radical (unpaired) electrons. The Balaban J connectivity index is 1.94. The lowest BCUT2D eigenvalue weighted by molar-refractivity contribution is -0.390. The first-order valence-corrected chi connectivity index (χ1v) is 7.78. The van der Waals surface area contributed by atoms with E-state index < -0.39 is 16.8 Å². The predicted molar refractivity (Wildman–Crippen MR) is 93.1 cm³/mol. The molecule has 0 aliphatic heterocycles. The number of ether oxygens (including phenoxy) is 1. The van der Waals surface area contributed by atoms with E-state index in [2.05, 4.69) is 9.97 Å². The number of nitro groups is 1. The van der Waals surface area contributed by atoms with Gasteiger partial charge in [0.1, 0.15) is 5.69 Å². The standard InChI is InChI=1S/C18H17N3O4/c1-10-8-9-15(18(19-10)21(23)24)25-12(3)17(22)16-11(2)20-14-7-5-4-6-13(14)16/h4-9,12,20H,1-3H3/t12-/m0/s1. The lowest BCUT2D eigenvalue weighted by Gasteiger charge is -2.13. The van der Waals surface area contributed by atoms with E-state index in [1.54, 1.807) is 19.9 Å². The van der Waals surface area contributed by atoms with Gasteiger partial charge in [-0.05, 0) is 42.0 Å². The Labute approximate surface area is 143 Å². The van der Waals surface area contributed by atoms with Crippen molar-refractivity contribution in [2.24, 2.45) is 0 Å². The normalized spacial score (nSPS) is 12.1. The van der Waals surface area contributed by atoms with Crippen LogP contribution in [-0.4, -0.2) is 26.8 Å². The highest BCUT2D eigenvalue weighted by molar-refractivity contribution is 6.11. The molecular formula is C18H17N3O4. The summed E-state index contributed by atoms with van der Waals surface area (Å²) in [7, 11) is 0. The number of nitrogens with zero attached hydrogens (tertiary/aromatic N) is 2. The van der Waals surface area contributed by atoms with Crippen molar-refractivity contribution in [2.75, 3.05) is 0 Å². The van der Waals surface area contributed by atoms with E-state index in [0.717, 1.165) is 16.6 Å². The van der Waals surface area contributed by atoms with Gasteiger partial charge in [-0.25, -0.2) is 0 Å². The SMILES string of the molecule is Cc1ccc(O[C@@H](C)C(=O)c2c(C)[nH]c3ccccc23)c([N+](=O)[O-])n1. The van der Waals surface area contributed by atoms with E-state index in [9.17, 15) is 14.9 Å². The molecule has 1 atom stereocenters. The van der Waals surface area contributed by atoms with E-state index in [-0.39, 0.29) is 11.5 Å². The van der Waals surface area contributed by atoms with Crippen molar-refractivity contribution in [2.45, 2.75) is 26.9 Å². The maximum Gasteiger partial charge on any atom is 0.406 e. The molecule has 0 saturated heterocycles. The fourth-order valence-corrected chi connectivity index (χ4v) is 2.79. The number of ketones is 1. The van der Waals surface area contributed by atoms with Crippen molar-refractivity contribution >= 4 is 22.5 Å². The zero-order valence-corrected chi connectivity index (χ0v) is 14.1. The van der Waals surface area contributed by atoms with Gasteiger partial charge in [0, 0.05) is 29.1 Å². The fourth-order valence-electron chi connectivity index (χ4n) is 2.79. The number of nitrogens with one attached hydrogen (secondary N) is 1. The Kier molecular flexibility index (Phi) is 4.22. The van der Waals surface area contributed by atoms with Gasteiger partial charge < -0.3 is 19.8 Å². The average molecular weight is 339 g/mol. The van der Waals surface area contributed by atoms with Crippen LogP contribution in [0.3, 0.4) is 0 Å². The molecule has 3 aromatic rings. The summed E-state index contributed by atoms with van der Waals surface area (Å²) in [5.74, 6) is -0.658. The van der Waals surface area contributed by atoms with E-state index >= 15 is 0 Å². The molecule has 0 aliphatic rings. The van der Waals surface area contributed by atoms with Crippen LogP contribution < -0.4 is 4.74 Å². The molecule has 128 valence electrons. The zero-order valence-electron chi connectivity index (χ0n) is 14.1. The molecule has 7 nitrogen and oxygen atoms in total. The monoisotopic (exact) mass is 339 g/mol. The number of pyridine rings is 1. The predicted octanol–water partition coefficient (Wildman–Crippen LogP) is 3.74. The van der Waals surface area contributed by atoms with Gasteiger partial charge in [-0.15, -0.1) is 0 Å². The topological polar surface area (TPSA) is 98.1 Å². The highest BCUT2D eigenvalue weighted by Crippen LogP contribution is 2.28. The summed E-state index contributed by atoms with van der Waals surface area (Å²) in [6.07, 6.45) is -0.888. The van der Waals surface area contributed by atoms with Crippen LogP contribution in [0.15, 0.2) is 36.4 Å². The molecule has 1 N–H and O–H groups in total. The lowest BCUT2D eigenvalue weighted by atomic mass is 10.0. The number of carbonyl (C=O) groups excluding carboxylic acids is 1. The molecule has 0 fully saturated rings. The molecule has 0 bridgehead atoms. The van der Waals surface area contributed by atoms with Gasteiger partial charge in [0.25, 0.3) is 0 Å². The molecule has 7 heteroatoms. The van der Waals surface area contributed by atoms with Crippen LogP contribution >= 0.6 is 0 Å². The molecule has 0 amide bonds. The molecule has 0 saturated carbocycles. The number of para-hydroxylation sites is 1. The van der Waals surface area contributed by atoms with Gasteiger partial charge in [0.15, 0.2) is 6.10 Å². The summed E-state index contributed by atoms with van der Waals surface area (Å²) in [5.41, 5.74) is 2.63. The number of aromatic nitrogens is 2. The van der Waals surface area contributed by atoms with E-state index in [0.29, 0.717) is 11.3 Å². The first kappa shape index (κ1) is 16.6. The van der Waals surface area contributed by atoms with Crippen LogP contribution in [0.4, 0.5) is 5.82 Å². The van der Waals surface area contributed by atoms with Crippen LogP contribution in [0.2, 0.25) is 0 Å². The Morgan fingerprint density at radius 3 is 2.68 bits per heavy atom. The summed E-state index contributed by atoms with van der Waals surface area (Å²) >= 11 is 0. The van der Waals surface area contributed by atoms with Gasteiger partial charge in [-0.1, -0.05) is 18.2 Å². The number of H-pyrrole nitrogens is 1. The van der Waals surface area contributed by atoms with Crippen molar-refractivity contribution in [1.82, 2.24) is 9.97 Å². The quantitative estimate of drug-likeness (QED) is 0.434. The molecular weight excluding hydrogens is 322 g/mol. The second-order valence-corrected chi connectivity index (χ2v) is 5.83. The molecule has 25 heavy (non-hydrogen) atoms. The number of fused-ring (bicyclic) bond motifs is 1. The van der Waals surface area contributed by atoms with Crippen molar-refractivity contribution in [3.63, 3.8) is 0 Å². The Bertz CT molecular complexity index is 978. The van der Waals surface area contributed by atoms with Gasteiger partial charge in [-0.2, -0.15) is 0 Å². The van der Waals surface area contributed by atoms with Crippen LogP contribution in [0.1, 0.15) is 28.7 Å². The molecule has 3 rings (SSSR count). The summed E-state index contributed by atoms with van der Waals surface area (Å²) in [5, 5.41) is 12.0. The molecule has 2 heterocycles. The minimum Gasteiger partial charge on any atom is -0.474 e. The van der Waals surface area contributed by atoms with Crippen molar-refractivity contribution < 1.29 is 14.5 Å². The maximum absolute atomic E-state index is 12.9. The Hall–Kier alpha value is -3.22.